The van der Waals surface area contributed by atoms with Gasteiger partial charge in [-0.3, -0.25) is 9.59 Å². The Bertz CT molecular complexity index is 806. The monoisotopic (exact) mass is 385 g/mol. The van der Waals surface area contributed by atoms with E-state index < -0.39 is 5.54 Å². The number of rotatable bonds is 3. The van der Waals surface area contributed by atoms with Crippen LogP contribution >= 0.6 is 11.6 Å². The fraction of sp³-hybridized carbons (Fsp3) is 0.333. The first-order chi connectivity index (χ1) is 12.9. The highest BCUT2D eigenvalue weighted by Crippen LogP contribution is 2.21. The lowest BCUT2D eigenvalue weighted by Crippen LogP contribution is -2.51. The van der Waals surface area contributed by atoms with Crippen LogP contribution in [0.2, 0.25) is 5.02 Å². The molecule has 0 bridgehead atoms. The van der Waals surface area contributed by atoms with Gasteiger partial charge in [-0.05, 0) is 43.2 Å². The molecule has 2 aromatic rings. The third-order valence-electron chi connectivity index (χ3n) is 4.98. The maximum atomic E-state index is 13.0. The van der Waals surface area contributed by atoms with Crippen LogP contribution < -0.4 is 5.73 Å². The second-order valence-electron chi connectivity index (χ2n) is 7.01. The number of carbonyl (C=O) groups is 2. The average Bonchev–Trinajstić information content (AvgIpc) is 2.94. The van der Waals surface area contributed by atoms with Crippen molar-refractivity contribution in [1.29, 1.82) is 0 Å². The third kappa shape index (κ3) is 4.31. The molecule has 0 spiro atoms. The molecule has 6 heteroatoms. The van der Waals surface area contributed by atoms with Gasteiger partial charge in [0.05, 0.1) is 0 Å². The van der Waals surface area contributed by atoms with Crippen molar-refractivity contribution in [3.8, 4) is 0 Å². The van der Waals surface area contributed by atoms with E-state index in [2.05, 4.69) is 0 Å². The lowest BCUT2D eigenvalue weighted by Gasteiger charge is -2.31. The first kappa shape index (κ1) is 19.4. The van der Waals surface area contributed by atoms with E-state index in [1.807, 2.05) is 30.3 Å². The van der Waals surface area contributed by atoms with Crippen molar-refractivity contribution in [2.75, 3.05) is 26.2 Å². The minimum Gasteiger partial charge on any atom is -0.339 e. The number of amides is 2. The third-order valence-corrected chi connectivity index (χ3v) is 5.23. The van der Waals surface area contributed by atoms with Gasteiger partial charge >= 0.3 is 0 Å². The van der Waals surface area contributed by atoms with Crippen LogP contribution in [0.15, 0.2) is 54.6 Å². The van der Waals surface area contributed by atoms with Crippen molar-refractivity contribution in [3.63, 3.8) is 0 Å². The molecular formula is C21H24ClN3O2. The van der Waals surface area contributed by atoms with Gasteiger partial charge in [0.15, 0.2) is 0 Å². The molecule has 2 aromatic carbocycles. The van der Waals surface area contributed by atoms with E-state index in [0.717, 1.165) is 12.0 Å². The second-order valence-corrected chi connectivity index (χ2v) is 7.45. The summed E-state index contributed by atoms with van der Waals surface area (Å²) in [4.78, 5) is 29.3. The largest absolute Gasteiger partial charge is 0.339 e. The van der Waals surface area contributed by atoms with Crippen LogP contribution in [-0.2, 0) is 10.3 Å². The van der Waals surface area contributed by atoms with Crippen molar-refractivity contribution < 1.29 is 9.59 Å². The van der Waals surface area contributed by atoms with E-state index in [4.69, 9.17) is 17.3 Å². The standard InChI is InChI=1S/C21H24ClN3O2/c1-21(23,17-6-3-2-4-7-17)20(27)25-13-5-12-24(14-15-25)19(26)16-8-10-18(22)11-9-16/h2-4,6-11H,5,12-15,23H2,1H3. The van der Waals surface area contributed by atoms with Gasteiger partial charge in [-0.2, -0.15) is 0 Å². The lowest BCUT2D eigenvalue weighted by molar-refractivity contribution is -0.136. The molecule has 3 rings (SSSR count). The normalized spacial score (nSPS) is 17.1. The second kappa shape index (κ2) is 8.11. The molecule has 1 atom stereocenters. The maximum Gasteiger partial charge on any atom is 0.253 e. The van der Waals surface area contributed by atoms with E-state index >= 15 is 0 Å². The van der Waals surface area contributed by atoms with Crippen molar-refractivity contribution in [3.05, 3.63) is 70.7 Å². The first-order valence-corrected chi connectivity index (χ1v) is 9.46. The first-order valence-electron chi connectivity index (χ1n) is 9.08. The number of benzene rings is 2. The molecule has 1 saturated heterocycles. The fourth-order valence-electron chi connectivity index (χ4n) is 3.33. The summed E-state index contributed by atoms with van der Waals surface area (Å²) < 4.78 is 0. The Hall–Kier alpha value is -2.37. The molecule has 0 saturated carbocycles. The maximum absolute atomic E-state index is 13.0. The zero-order valence-electron chi connectivity index (χ0n) is 15.4. The lowest BCUT2D eigenvalue weighted by atomic mass is 9.91. The van der Waals surface area contributed by atoms with Gasteiger partial charge in [-0.1, -0.05) is 41.9 Å². The highest BCUT2D eigenvalue weighted by Gasteiger charge is 2.35. The molecule has 2 N–H and O–H groups in total. The summed E-state index contributed by atoms with van der Waals surface area (Å²) in [7, 11) is 0. The van der Waals surface area contributed by atoms with Gasteiger partial charge < -0.3 is 15.5 Å². The molecule has 1 aliphatic heterocycles. The minimum absolute atomic E-state index is 0.0421. The van der Waals surface area contributed by atoms with Gasteiger partial charge in [0.25, 0.3) is 5.91 Å². The van der Waals surface area contributed by atoms with Crippen LogP contribution in [0, 0.1) is 0 Å². The van der Waals surface area contributed by atoms with Crippen LogP contribution in [0.3, 0.4) is 0 Å². The van der Waals surface area contributed by atoms with E-state index in [0.29, 0.717) is 36.8 Å². The number of nitrogens with two attached hydrogens (primary N) is 1. The Kier molecular flexibility index (Phi) is 5.82. The summed E-state index contributed by atoms with van der Waals surface area (Å²) in [6.07, 6.45) is 0.718. The number of hydrogen-bond donors (Lipinski definition) is 1. The number of halogens is 1. The quantitative estimate of drug-likeness (QED) is 0.883. The summed E-state index contributed by atoms with van der Waals surface area (Å²) >= 11 is 5.89. The summed E-state index contributed by atoms with van der Waals surface area (Å²) in [6.45, 7) is 3.89. The van der Waals surface area contributed by atoms with Gasteiger partial charge in [0.2, 0.25) is 5.91 Å². The van der Waals surface area contributed by atoms with Crippen molar-refractivity contribution in [1.82, 2.24) is 9.80 Å². The molecule has 1 aliphatic rings. The fourth-order valence-corrected chi connectivity index (χ4v) is 3.46. The summed E-state index contributed by atoms with van der Waals surface area (Å²) in [5.74, 6) is -0.158. The molecule has 0 aromatic heterocycles. The summed E-state index contributed by atoms with van der Waals surface area (Å²) in [5.41, 5.74) is 6.68. The Morgan fingerprint density at radius 2 is 1.52 bits per heavy atom. The van der Waals surface area contributed by atoms with Crippen molar-refractivity contribution >= 4 is 23.4 Å². The summed E-state index contributed by atoms with van der Waals surface area (Å²) in [5, 5.41) is 0.599. The van der Waals surface area contributed by atoms with Crippen molar-refractivity contribution in [2.45, 2.75) is 18.9 Å². The van der Waals surface area contributed by atoms with Crippen molar-refractivity contribution in [2.24, 2.45) is 5.73 Å². The van der Waals surface area contributed by atoms with Crippen LogP contribution in [-0.4, -0.2) is 47.8 Å². The highest BCUT2D eigenvalue weighted by molar-refractivity contribution is 6.30. The molecule has 142 valence electrons. The van der Waals surface area contributed by atoms with Crippen LogP contribution in [0.4, 0.5) is 0 Å². The number of carbonyl (C=O) groups excluding carboxylic acids is 2. The van der Waals surface area contributed by atoms with E-state index in [1.54, 1.807) is 41.0 Å². The highest BCUT2D eigenvalue weighted by atomic mass is 35.5. The molecule has 1 unspecified atom stereocenters. The molecule has 0 aliphatic carbocycles. The summed E-state index contributed by atoms with van der Waals surface area (Å²) in [6, 6.07) is 16.3. The SMILES string of the molecule is CC(N)(C(=O)N1CCCN(C(=O)c2ccc(Cl)cc2)CC1)c1ccccc1. The molecule has 0 radical (unpaired) electrons. The Labute approximate surface area is 164 Å². The molecule has 2 amide bonds. The molecule has 5 nitrogen and oxygen atoms in total. The molecule has 27 heavy (non-hydrogen) atoms. The smallest absolute Gasteiger partial charge is 0.253 e. The average molecular weight is 386 g/mol. The molecule has 1 fully saturated rings. The van der Waals surface area contributed by atoms with Gasteiger partial charge in [0.1, 0.15) is 5.54 Å². The van der Waals surface area contributed by atoms with Crippen LogP contribution in [0.5, 0.6) is 0 Å². The number of hydrogen-bond acceptors (Lipinski definition) is 3. The number of nitrogens with zero attached hydrogens (tertiary/aromatic N) is 2. The zero-order chi connectivity index (χ0) is 19.4. The minimum atomic E-state index is -1.09. The predicted molar refractivity (Wildman–Crippen MR) is 107 cm³/mol. The predicted octanol–water partition coefficient (Wildman–Crippen LogP) is 2.89. The van der Waals surface area contributed by atoms with Gasteiger partial charge in [0, 0.05) is 36.8 Å². The zero-order valence-corrected chi connectivity index (χ0v) is 16.2. The Morgan fingerprint density at radius 3 is 2.19 bits per heavy atom. The molecular weight excluding hydrogens is 362 g/mol. The van der Waals surface area contributed by atoms with Gasteiger partial charge in [-0.15, -0.1) is 0 Å². The molecule has 1 heterocycles. The van der Waals surface area contributed by atoms with E-state index in [-0.39, 0.29) is 11.8 Å². The van der Waals surface area contributed by atoms with Gasteiger partial charge in [-0.25, -0.2) is 0 Å². The Balaban J connectivity index is 1.68. The van der Waals surface area contributed by atoms with E-state index in [9.17, 15) is 9.59 Å². The Morgan fingerprint density at radius 1 is 0.926 bits per heavy atom. The van der Waals surface area contributed by atoms with Crippen LogP contribution in [0.25, 0.3) is 0 Å². The topological polar surface area (TPSA) is 66.6 Å². The van der Waals surface area contributed by atoms with E-state index in [1.165, 1.54) is 0 Å². The van der Waals surface area contributed by atoms with Crippen LogP contribution in [0.1, 0.15) is 29.3 Å².